The number of fused-ring (bicyclic) bond motifs is 1. The van der Waals surface area contributed by atoms with Crippen LogP contribution in [0.2, 0.25) is 0 Å². The van der Waals surface area contributed by atoms with Gasteiger partial charge in [-0.2, -0.15) is 0 Å². The number of nitrogens with zero attached hydrogens (tertiary/aromatic N) is 2. The van der Waals surface area contributed by atoms with Gasteiger partial charge in [-0.1, -0.05) is 188 Å². The molecule has 0 saturated carbocycles. The van der Waals surface area contributed by atoms with Gasteiger partial charge in [0.1, 0.15) is 0 Å². The van der Waals surface area contributed by atoms with Crippen LogP contribution in [-0.2, 0) is 0 Å². The maximum Gasteiger partial charge on any atom is 0.160 e. The van der Waals surface area contributed by atoms with E-state index in [1.165, 1.54) is 0 Å². The second-order valence-electron chi connectivity index (χ2n) is 13.8. The van der Waals surface area contributed by atoms with Gasteiger partial charge in [-0.15, -0.1) is 0 Å². The minimum Gasteiger partial charge on any atom is -0.300 e. The van der Waals surface area contributed by atoms with E-state index in [2.05, 4.69) is 164 Å². The van der Waals surface area contributed by atoms with Crippen LogP contribution in [0.1, 0.15) is 16.7 Å². The molecule has 0 aliphatic rings. The lowest BCUT2D eigenvalue weighted by Gasteiger charge is -2.15. The van der Waals surface area contributed by atoms with E-state index in [4.69, 9.17) is 15.4 Å². The zero-order chi connectivity index (χ0) is 37.7. The molecule has 0 fully saturated rings. The van der Waals surface area contributed by atoms with Crippen molar-refractivity contribution in [2.45, 2.75) is 0 Å². The highest BCUT2D eigenvalue weighted by atomic mass is 14.9. The first-order chi connectivity index (χ1) is 27.7. The molecule has 3 heteroatoms. The molecule has 9 aromatic rings. The second kappa shape index (κ2) is 15.5. The average molecular weight is 716 g/mol. The van der Waals surface area contributed by atoms with E-state index in [-0.39, 0.29) is 0 Å². The Morgan fingerprint density at radius 2 is 0.857 bits per heavy atom. The Balaban J connectivity index is 1.22. The third kappa shape index (κ3) is 7.22. The van der Waals surface area contributed by atoms with Crippen LogP contribution in [0.4, 0.5) is 0 Å². The Kier molecular flexibility index (Phi) is 9.47. The summed E-state index contributed by atoms with van der Waals surface area (Å²) in [6.07, 6.45) is 1.99. The van der Waals surface area contributed by atoms with Crippen molar-refractivity contribution in [2.24, 2.45) is 0 Å². The molecule has 0 amide bonds. The van der Waals surface area contributed by atoms with Crippen LogP contribution in [-0.4, -0.2) is 15.7 Å². The summed E-state index contributed by atoms with van der Waals surface area (Å²) in [7, 11) is 0. The number of rotatable bonds is 9. The first kappa shape index (κ1) is 34.3. The molecule has 0 aliphatic heterocycles. The number of hydrogen-bond acceptors (Lipinski definition) is 3. The lowest BCUT2D eigenvalue weighted by atomic mass is 9.90. The summed E-state index contributed by atoms with van der Waals surface area (Å²) < 4.78 is 0. The molecule has 3 nitrogen and oxygen atoms in total. The molecule has 0 aliphatic carbocycles. The predicted molar refractivity (Wildman–Crippen MR) is 234 cm³/mol. The summed E-state index contributed by atoms with van der Waals surface area (Å²) in [5.74, 6) is 0.662. The quantitative estimate of drug-likeness (QED) is 0.151. The molecule has 56 heavy (non-hydrogen) atoms. The maximum absolute atomic E-state index is 9.10. The summed E-state index contributed by atoms with van der Waals surface area (Å²) in [4.78, 5) is 10.5. The molecule has 264 valence electrons. The van der Waals surface area contributed by atoms with Crippen molar-refractivity contribution >= 4 is 22.1 Å². The molecular weight excluding hydrogens is 679 g/mol. The molecule has 0 spiro atoms. The van der Waals surface area contributed by atoms with Gasteiger partial charge in [0, 0.05) is 16.7 Å². The van der Waals surface area contributed by atoms with Gasteiger partial charge in [-0.05, 0) is 85.6 Å². The van der Waals surface area contributed by atoms with Crippen molar-refractivity contribution in [3.63, 3.8) is 0 Å². The minimum absolute atomic E-state index is 0.457. The van der Waals surface area contributed by atoms with E-state index in [9.17, 15) is 0 Å². The van der Waals surface area contributed by atoms with Crippen LogP contribution < -0.4 is 0 Å². The zero-order valence-electron chi connectivity index (χ0n) is 30.7. The van der Waals surface area contributed by atoms with Gasteiger partial charge in [0.25, 0.3) is 0 Å². The molecule has 0 unspecified atom stereocenters. The van der Waals surface area contributed by atoms with E-state index in [0.717, 1.165) is 83.4 Å². The summed E-state index contributed by atoms with van der Waals surface area (Å²) in [5.41, 5.74) is 13.6. The second-order valence-corrected chi connectivity index (χ2v) is 13.8. The number of aromatic nitrogens is 2. The van der Waals surface area contributed by atoms with Gasteiger partial charge in [0.2, 0.25) is 0 Å². The fraction of sp³-hybridized carbons (Fsp3) is 0. The van der Waals surface area contributed by atoms with Crippen molar-refractivity contribution in [3.05, 3.63) is 235 Å². The van der Waals surface area contributed by atoms with Crippen LogP contribution >= 0.6 is 0 Å². The Morgan fingerprint density at radius 1 is 0.375 bits per heavy atom. The lowest BCUT2D eigenvalue weighted by molar-refractivity contribution is 1.18. The third-order valence-electron chi connectivity index (χ3n) is 10.1. The predicted octanol–water partition coefficient (Wildman–Crippen LogP) is 13.5. The van der Waals surface area contributed by atoms with E-state index in [1.807, 2.05) is 54.6 Å². The molecule has 1 aromatic heterocycles. The van der Waals surface area contributed by atoms with Crippen LogP contribution in [0, 0.1) is 5.41 Å². The molecule has 8 aromatic carbocycles. The Hall–Kier alpha value is -7.49. The minimum atomic E-state index is 0.457. The summed E-state index contributed by atoms with van der Waals surface area (Å²) >= 11 is 0. The van der Waals surface area contributed by atoms with Gasteiger partial charge in [0.05, 0.1) is 17.1 Å². The fourth-order valence-corrected chi connectivity index (χ4v) is 7.28. The Labute approximate surface area is 327 Å². The molecule has 1 N–H and O–H groups in total. The van der Waals surface area contributed by atoms with Crippen LogP contribution in [0.25, 0.3) is 72.5 Å². The van der Waals surface area contributed by atoms with Crippen molar-refractivity contribution < 1.29 is 0 Å². The van der Waals surface area contributed by atoms with Crippen molar-refractivity contribution in [2.75, 3.05) is 0 Å². The average Bonchev–Trinajstić information content (AvgIpc) is 3.29. The van der Waals surface area contributed by atoms with E-state index in [1.54, 1.807) is 0 Å². The molecule has 0 atom stereocenters. The highest BCUT2D eigenvalue weighted by Crippen LogP contribution is 2.36. The number of hydrogen-bond donors (Lipinski definition) is 1. The zero-order valence-corrected chi connectivity index (χ0v) is 30.7. The summed E-state index contributed by atoms with van der Waals surface area (Å²) in [5, 5.41) is 11.3. The molecule has 0 bridgehead atoms. The fourth-order valence-electron chi connectivity index (χ4n) is 7.28. The Morgan fingerprint density at radius 3 is 1.48 bits per heavy atom. The van der Waals surface area contributed by atoms with E-state index >= 15 is 0 Å². The van der Waals surface area contributed by atoms with E-state index < -0.39 is 0 Å². The molecule has 0 radical (unpaired) electrons. The van der Waals surface area contributed by atoms with Gasteiger partial charge < -0.3 is 5.41 Å². The number of nitrogens with one attached hydrogen (secondary N) is 1. The van der Waals surface area contributed by atoms with Gasteiger partial charge in [-0.25, -0.2) is 9.97 Å². The highest BCUT2D eigenvalue weighted by molar-refractivity contribution is 6.13. The lowest BCUT2D eigenvalue weighted by Crippen LogP contribution is -1.99. The molecule has 9 rings (SSSR count). The van der Waals surface area contributed by atoms with Crippen LogP contribution in [0.3, 0.4) is 0 Å². The van der Waals surface area contributed by atoms with Gasteiger partial charge >= 0.3 is 0 Å². The third-order valence-corrected chi connectivity index (χ3v) is 10.1. The molecule has 1 heterocycles. The monoisotopic (exact) mass is 715 g/mol. The smallest absolute Gasteiger partial charge is 0.160 e. The standard InChI is InChI=1S/C53H37N3/c54-50(41-22-11-4-12-23-41)35-49(39-20-9-3-10-21-39)47-29-15-24-40-30-31-45(34-48(40)47)52-36-51(44-27-13-25-42(32-44)37-16-5-1-6-17-37)55-53(56-52)46-28-14-26-43(33-46)38-18-7-2-8-19-38/h1-36,54H/b49-35-,54-50?. The van der Waals surface area contributed by atoms with Gasteiger partial charge in [-0.3, -0.25) is 0 Å². The molecule has 0 saturated heterocycles. The van der Waals surface area contributed by atoms with Gasteiger partial charge in [0.15, 0.2) is 5.82 Å². The van der Waals surface area contributed by atoms with E-state index in [0.29, 0.717) is 11.5 Å². The number of allylic oxidation sites excluding steroid dienone is 1. The summed E-state index contributed by atoms with van der Waals surface area (Å²) in [6, 6.07) is 73.3. The molecular formula is C53H37N3. The SMILES string of the molecule is N=C(/C=C(/c1ccccc1)c1cccc2ccc(-c3cc(-c4cccc(-c5ccccc5)c4)nc(-c4cccc(-c5ccccc5)c4)n3)cc12)c1ccccc1. The van der Waals surface area contributed by atoms with Crippen molar-refractivity contribution in [1.29, 1.82) is 5.41 Å². The first-order valence-electron chi connectivity index (χ1n) is 18.8. The van der Waals surface area contributed by atoms with Crippen LogP contribution in [0.5, 0.6) is 0 Å². The van der Waals surface area contributed by atoms with Crippen molar-refractivity contribution in [1.82, 2.24) is 9.97 Å². The largest absolute Gasteiger partial charge is 0.300 e. The normalized spacial score (nSPS) is 11.4. The first-order valence-corrected chi connectivity index (χ1v) is 18.8. The maximum atomic E-state index is 9.10. The highest BCUT2D eigenvalue weighted by Gasteiger charge is 2.16. The van der Waals surface area contributed by atoms with Crippen molar-refractivity contribution in [3.8, 4) is 56.2 Å². The Bertz CT molecular complexity index is 2740. The summed E-state index contributed by atoms with van der Waals surface area (Å²) in [6.45, 7) is 0. The number of benzene rings is 8. The van der Waals surface area contributed by atoms with Crippen LogP contribution in [0.15, 0.2) is 218 Å². The topological polar surface area (TPSA) is 49.6 Å².